The number of rotatable bonds is 7. The summed E-state index contributed by atoms with van der Waals surface area (Å²) in [5, 5.41) is 9.83. The molecule has 5 N–H and O–H groups in total. The van der Waals surface area contributed by atoms with Gasteiger partial charge in [-0.1, -0.05) is 6.07 Å². The van der Waals surface area contributed by atoms with Crippen LogP contribution in [0, 0.1) is 6.92 Å². The molecule has 0 fully saturated rings. The first-order valence-electron chi connectivity index (χ1n) is 12.0. The van der Waals surface area contributed by atoms with Crippen LogP contribution in [0.2, 0.25) is 0 Å². The smallest absolute Gasteiger partial charge is 0.255 e. The van der Waals surface area contributed by atoms with Crippen LogP contribution >= 0.6 is 0 Å². The van der Waals surface area contributed by atoms with Crippen LogP contribution in [0.3, 0.4) is 0 Å². The van der Waals surface area contributed by atoms with Crippen molar-refractivity contribution in [3.63, 3.8) is 0 Å². The van der Waals surface area contributed by atoms with Gasteiger partial charge in [0.05, 0.1) is 5.52 Å². The van der Waals surface area contributed by atoms with E-state index in [4.69, 9.17) is 15.2 Å². The molecule has 0 spiro atoms. The van der Waals surface area contributed by atoms with Crippen molar-refractivity contribution in [2.45, 2.75) is 6.92 Å². The minimum Gasteiger partial charge on any atom is -0.486 e. The fourth-order valence-corrected chi connectivity index (χ4v) is 3.98. The maximum absolute atomic E-state index is 13.0. The number of nitrogens with one attached hydrogen (secondary N) is 3. The Bertz CT molecular complexity index is 1490. The number of fused-ring (bicyclic) bond motifs is 2. The second kappa shape index (κ2) is 10.5. The molecule has 0 aliphatic carbocycles. The summed E-state index contributed by atoms with van der Waals surface area (Å²) in [5.41, 5.74) is 9.28. The number of nitrogens with zero attached hydrogens (tertiary/aromatic N) is 1. The van der Waals surface area contributed by atoms with Gasteiger partial charge in [-0.05, 0) is 73.2 Å². The number of amides is 2. The van der Waals surface area contributed by atoms with E-state index < -0.39 is 0 Å². The monoisotopic (exact) mass is 497 g/mol. The van der Waals surface area contributed by atoms with Crippen molar-refractivity contribution in [1.29, 1.82) is 0 Å². The number of aromatic nitrogens is 1. The van der Waals surface area contributed by atoms with Crippen LogP contribution in [0.4, 0.5) is 17.2 Å². The maximum atomic E-state index is 13.0. The van der Waals surface area contributed by atoms with E-state index in [0.29, 0.717) is 60.3 Å². The highest BCUT2D eigenvalue weighted by molar-refractivity contribution is 6.08. The molecule has 2 amide bonds. The number of benzene rings is 3. The Hall–Kier alpha value is -4.63. The van der Waals surface area contributed by atoms with Gasteiger partial charge in [0.1, 0.15) is 19.0 Å². The zero-order valence-electron chi connectivity index (χ0n) is 20.3. The third-order valence-corrected chi connectivity index (χ3v) is 5.95. The highest BCUT2D eigenvalue weighted by Crippen LogP contribution is 2.31. The Morgan fingerprint density at radius 2 is 1.62 bits per heavy atom. The number of aryl methyl sites for hydroxylation is 1. The van der Waals surface area contributed by atoms with Gasteiger partial charge in [-0.3, -0.25) is 9.59 Å². The molecule has 1 aliphatic rings. The molecular weight excluding hydrogens is 470 g/mol. The van der Waals surface area contributed by atoms with E-state index in [9.17, 15) is 9.59 Å². The zero-order valence-corrected chi connectivity index (χ0v) is 20.3. The largest absolute Gasteiger partial charge is 0.486 e. The molecule has 3 aromatic carbocycles. The van der Waals surface area contributed by atoms with Gasteiger partial charge in [-0.15, -0.1) is 0 Å². The van der Waals surface area contributed by atoms with Crippen LogP contribution < -0.4 is 31.2 Å². The second-order valence-corrected chi connectivity index (χ2v) is 8.62. The summed E-state index contributed by atoms with van der Waals surface area (Å²) in [6.45, 7) is 3.97. The number of carbonyl (C=O) groups excluding carboxylic acids is 2. The number of nitrogens with two attached hydrogens (primary N) is 1. The van der Waals surface area contributed by atoms with Crippen LogP contribution in [0.1, 0.15) is 26.3 Å². The number of ether oxygens (including phenoxy) is 2. The quantitative estimate of drug-likeness (QED) is 0.301. The van der Waals surface area contributed by atoms with Gasteiger partial charge in [-0.25, -0.2) is 4.98 Å². The van der Waals surface area contributed by atoms with Crippen LogP contribution in [0.15, 0.2) is 66.7 Å². The minimum absolute atomic E-state index is 0.259. The zero-order chi connectivity index (χ0) is 25.8. The van der Waals surface area contributed by atoms with E-state index in [2.05, 4.69) is 20.9 Å². The predicted molar refractivity (Wildman–Crippen MR) is 144 cm³/mol. The summed E-state index contributed by atoms with van der Waals surface area (Å²) in [6.07, 6.45) is 0. The Kier molecular flexibility index (Phi) is 6.87. The summed E-state index contributed by atoms with van der Waals surface area (Å²) < 4.78 is 11.1. The molecule has 0 bridgehead atoms. The maximum Gasteiger partial charge on any atom is 0.255 e. The molecule has 0 saturated carbocycles. The molecule has 0 unspecified atom stereocenters. The number of pyridine rings is 1. The molecular formula is C28H27N5O4. The molecule has 37 heavy (non-hydrogen) atoms. The molecule has 188 valence electrons. The van der Waals surface area contributed by atoms with Crippen molar-refractivity contribution in [2.24, 2.45) is 5.73 Å². The van der Waals surface area contributed by atoms with E-state index in [1.807, 2.05) is 31.2 Å². The van der Waals surface area contributed by atoms with Crippen molar-refractivity contribution < 1.29 is 19.1 Å². The van der Waals surface area contributed by atoms with Crippen LogP contribution in [0.25, 0.3) is 10.9 Å². The average molecular weight is 498 g/mol. The molecule has 9 nitrogen and oxygen atoms in total. The van der Waals surface area contributed by atoms with Crippen molar-refractivity contribution >= 4 is 39.9 Å². The second-order valence-electron chi connectivity index (χ2n) is 8.62. The van der Waals surface area contributed by atoms with Crippen molar-refractivity contribution in [3.05, 3.63) is 83.4 Å². The fourth-order valence-electron chi connectivity index (χ4n) is 3.98. The normalized spacial score (nSPS) is 12.2. The highest BCUT2D eigenvalue weighted by atomic mass is 16.6. The molecule has 0 saturated heterocycles. The first kappa shape index (κ1) is 24.1. The molecule has 9 heteroatoms. The van der Waals surface area contributed by atoms with Gasteiger partial charge >= 0.3 is 0 Å². The van der Waals surface area contributed by atoms with Crippen LogP contribution in [-0.4, -0.2) is 43.1 Å². The van der Waals surface area contributed by atoms with Gasteiger partial charge in [0.2, 0.25) is 0 Å². The first-order chi connectivity index (χ1) is 18.0. The molecule has 0 radical (unpaired) electrons. The number of hydrogen-bond donors (Lipinski definition) is 4. The molecule has 1 aliphatic heterocycles. The number of hydrogen-bond acceptors (Lipinski definition) is 7. The van der Waals surface area contributed by atoms with E-state index >= 15 is 0 Å². The van der Waals surface area contributed by atoms with E-state index in [-0.39, 0.29) is 11.8 Å². The summed E-state index contributed by atoms with van der Waals surface area (Å²) in [4.78, 5) is 30.4. The summed E-state index contributed by atoms with van der Waals surface area (Å²) in [5.74, 6) is 1.35. The SMILES string of the molecule is Cc1ccc(NC(=O)c2ccc3c(c2)OCCO3)cc1NC(=O)c1ccc2nc(NCCN)ccc2c1. The Morgan fingerprint density at radius 1 is 0.865 bits per heavy atom. The molecule has 4 aromatic rings. The lowest BCUT2D eigenvalue weighted by atomic mass is 10.1. The number of anilines is 3. The molecule has 5 rings (SSSR count). The third kappa shape index (κ3) is 5.46. The Labute approximate surface area is 214 Å². The standard InChI is InChI=1S/C28H27N5O4/c1-17-2-6-21(31-27(34)20-4-8-24-25(15-20)37-13-12-36-24)16-23(17)33-28(35)19-3-7-22-18(14-19)5-9-26(32-22)30-11-10-29/h2-9,14-16H,10-13,29H2,1H3,(H,30,32)(H,31,34)(H,33,35). The van der Waals surface area contributed by atoms with E-state index in [0.717, 1.165) is 22.3 Å². The van der Waals surface area contributed by atoms with Crippen LogP contribution in [-0.2, 0) is 0 Å². The van der Waals surface area contributed by atoms with E-state index in [1.165, 1.54) is 0 Å². The van der Waals surface area contributed by atoms with Gasteiger partial charge in [0, 0.05) is 41.0 Å². The first-order valence-corrected chi connectivity index (χ1v) is 12.0. The highest BCUT2D eigenvalue weighted by Gasteiger charge is 2.16. The summed E-state index contributed by atoms with van der Waals surface area (Å²) in [7, 11) is 0. The van der Waals surface area contributed by atoms with Gasteiger partial charge in [0.25, 0.3) is 11.8 Å². The fraction of sp³-hybridized carbons (Fsp3) is 0.179. The van der Waals surface area contributed by atoms with Crippen molar-refractivity contribution in [3.8, 4) is 11.5 Å². The Morgan fingerprint density at radius 3 is 2.46 bits per heavy atom. The molecule has 0 atom stereocenters. The molecule has 1 aromatic heterocycles. The van der Waals surface area contributed by atoms with E-state index in [1.54, 1.807) is 42.5 Å². The van der Waals surface area contributed by atoms with Gasteiger partial charge in [0.15, 0.2) is 11.5 Å². The molecule has 2 heterocycles. The van der Waals surface area contributed by atoms with Crippen molar-refractivity contribution in [1.82, 2.24) is 4.98 Å². The predicted octanol–water partition coefficient (Wildman–Crippen LogP) is 4.19. The lowest BCUT2D eigenvalue weighted by molar-refractivity contribution is 0.101. The lowest BCUT2D eigenvalue weighted by Crippen LogP contribution is -2.17. The van der Waals surface area contributed by atoms with Gasteiger partial charge < -0.3 is 31.2 Å². The Balaban J connectivity index is 1.29. The van der Waals surface area contributed by atoms with Gasteiger partial charge in [-0.2, -0.15) is 0 Å². The summed E-state index contributed by atoms with van der Waals surface area (Å²) >= 11 is 0. The number of carbonyl (C=O) groups is 2. The lowest BCUT2D eigenvalue weighted by Gasteiger charge is -2.18. The topological polar surface area (TPSA) is 128 Å². The minimum atomic E-state index is -0.291. The summed E-state index contributed by atoms with van der Waals surface area (Å²) in [6, 6.07) is 19.6. The third-order valence-electron chi connectivity index (χ3n) is 5.95. The average Bonchev–Trinajstić information content (AvgIpc) is 2.93. The van der Waals surface area contributed by atoms with Crippen LogP contribution in [0.5, 0.6) is 11.5 Å². The van der Waals surface area contributed by atoms with Crippen molar-refractivity contribution in [2.75, 3.05) is 42.3 Å².